The number of rotatable bonds is 5. The number of nitrogens with one attached hydrogen (secondary N) is 2. The summed E-state index contributed by atoms with van der Waals surface area (Å²) in [5.41, 5.74) is 0. The van der Waals surface area contributed by atoms with Gasteiger partial charge in [-0.05, 0) is 19.1 Å². The van der Waals surface area contributed by atoms with Gasteiger partial charge in [-0.15, -0.1) is 0 Å². The summed E-state index contributed by atoms with van der Waals surface area (Å²) in [4.78, 5) is 11.4. The lowest BCUT2D eigenvalue weighted by atomic mass is 10.3. The number of sulfonamides is 1. The highest BCUT2D eigenvalue weighted by Gasteiger charge is 2.17. The van der Waals surface area contributed by atoms with Gasteiger partial charge in [0.25, 0.3) is 0 Å². The molecule has 2 aromatic rings. The van der Waals surface area contributed by atoms with Crippen molar-refractivity contribution in [3.63, 3.8) is 0 Å². The predicted octanol–water partition coefficient (Wildman–Crippen LogP) is 1.23. The van der Waals surface area contributed by atoms with Gasteiger partial charge in [0.2, 0.25) is 10.0 Å². The van der Waals surface area contributed by atoms with Crippen LogP contribution in [0, 0.1) is 0 Å². The lowest BCUT2D eigenvalue weighted by molar-refractivity contribution is 0.520. The van der Waals surface area contributed by atoms with E-state index in [1.165, 1.54) is 26.4 Å². The summed E-state index contributed by atoms with van der Waals surface area (Å²) in [7, 11) is -0.468. The van der Waals surface area contributed by atoms with Crippen molar-refractivity contribution in [2.75, 3.05) is 19.4 Å². The molecule has 0 bridgehead atoms. The number of H-pyrrole nitrogens is 1. The molecule has 1 atom stereocenters. The van der Waals surface area contributed by atoms with E-state index >= 15 is 0 Å². The molecule has 0 spiro atoms. The molecular weight excluding hydrogens is 278 g/mol. The van der Waals surface area contributed by atoms with Crippen molar-refractivity contribution < 1.29 is 8.42 Å². The summed E-state index contributed by atoms with van der Waals surface area (Å²) in [5, 5.41) is 3.14. The molecule has 0 aliphatic carbocycles. The fourth-order valence-electron chi connectivity index (χ4n) is 1.63. The van der Waals surface area contributed by atoms with Crippen LogP contribution in [0.3, 0.4) is 0 Å². The molecule has 108 valence electrons. The number of hydrogen-bond donors (Lipinski definition) is 2. The van der Waals surface area contributed by atoms with Crippen molar-refractivity contribution in [2.24, 2.45) is 0 Å². The quantitative estimate of drug-likeness (QED) is 0.865. The third kappa shape index (κ3) is 2.97. The van der Waals surface area contributed by atoms with Gasteiger partial charge in [0.05, 0.1) is 6.04 Å². The lowest BCUT2D eigenvalue weighted by Gasteiger charge is -2.14. The monoisotopic (exact) mass is 295 g/mol. The smallest absolute Gasteiger partial charge is 0.244 e. The van der Waals surface area contributed by atoms with Crippen molar-refractivity contribution in [1.29, 1.82) is 0 Å². The van der Waals surface area contributed by atoms with Crippen molar-refractivity contribution in [3.05, 3.63) is 36.5 Å². The van der Waals surface area contributed by atoms with E-state index in [0.29, 0.717) is 5.82 Å². The molecule has 2 N–H and O–H groups in total. The molecule has 1 unspecified atom stereocenters. The highest BCUT2D eigenvalue weighted by atomic mass is 32.2. The molecule has 0 aliphatic heterocycles. The molecule has 8 heteroatoms. The molecule has 0 aliphatic rings. The first kappa shape index (κ1) is 14.5. The molecule has 0 aromatic carbocycles. The minimum Gasteiger partial charge on any atom is -0.360 e. The molecule has 0 saturated carbocycles. The normalized spacial score (nSPS) is 13.4. The zero-order valence-electron chi connectivity index (χ0n) is 11.5. The maximum absolute atomic E-state index is 11.9. The van der Waals surface area contributed by atoms with Crippen LogP contribution in [0.4, 0.5) is 5.82 Å². The zero-order chi connectivity index (χ0) is 14.8. The predicted molar refractivity (Wildman–Crippen MR) is 75.7 cm³/mol. The maximum Gasteiger partial charge on any atom is 0.244 e. The third-order valence-corrected chi connectivity index (χ3v) is 4.61. The second-order valence-corrected chi connectivity index (χ2v) is 6.66. The van der Waals surface area contributed by atoms with Crippen LogP contribution in [-0.4, -0.2) is 41.8 Å². The molecule has 2 heterocycles. The van der Waals surface area contributed by atoms with Crippen molar-refractivity contribution in [1.82, 2.24) is 19.3 Å². The van der Waals surface area contributed by atoms with Crippen LogP contribution in [0.15, 0.2) is 35.6 Å². The largest absolute Gasteiger partial charge is 0.360 e. The molecule has 0 saturated heterocycles. The molecule has 2 rings (SSSR count). The van der Waals surface area contributed by atoms with Crippen molar-refractivity contribution in [3.8, 4) is 0 Å². The van der Waals surface area contributed by atoms with Crippen LogP contribution in [0.1, 0.15) is 18.8 Å². The number of nitrogens with zero attached hydrogens (tertiary/aromatic N) is 3. The van der Waals surface area contributed by atoms with E-state index in [9.17, 15) is 8.42 Å². The van der Waals surface area contributed by atoms with Gasteiger partial charge >= 0.3 is 0 Å². The Morgan fingerprint density at radius 3 is 2.55 bits per heavy atom. The van der Waals surface area contributed by atoms with Crippen LogP contribution < -0.4 is 5.32 Å². The van der Waals surface area contributed by atoms with Crippen molar-refractivity contribution >= 4 is 15.8 Å². The van der Waals surface area contributed by atoms with Gasteiger partial charge in [-0.2, -0.15) is 0 Å². The number of hydrogen-bond acceptors (Lipinski definition) is 5. The van der Waals surface area contributed by atoms with Crippen molar-refractivity contribution in [2.45, 2.75) is 17.9 Å². The van der Waals surface area contributed by atoms with Crippen LogP contribution in [0.2, 0.25) is 0 Å². The molecular formula is C12H17N5O2S. The topological polar surface area (TPSA) is 91.0 Å². The van der Waals surface area contributed by atoms with E-state index in [1.54, 1.807) is 18.5 Å². The maximum atomic E-state index is 11.9. The number of imidazole rings is 1. The highest BCUT2D eigenvalue weighted by molar-refractivity contribution is 7.89. The van der Waals surface area contributed by atoms with Gasteiger partial charge in [-0.3, -0.25) is 0 Å². The van der Waals surface area contributed by atoms with Gasteiger partial charge < -0.3 is 10.3 Å². The first-order valence-electron chi connectivity index (χ1n) is 6.05. The van der Waals surface area contributed by atoms with Gasteiger partial charge in [-0.1, -0.05) is 0 Å². The minimum absolute atomic E-state index is 0.0474. The van der Waals surface area contributed by atoms with Crippen LogP contribution in [0.25, 0.3) is 0 Å². The average Bonchev–Trinajstić information content (AvgIpc) is 2.93. The van der Waals surface area contributed by atoms with E-state index < -0.39 is 10.0 Å². The minimum atomic E-state index is -3.44. The first-order valence-corrected chi connectivity index (χ1v) is 7.49. The fourth-order valence-corrected chi connectivity index (χ4v) is 2.48. The van der Waals surface area contributed by atoms with Gasteiger partial charge in [0.1, 0.15) is 16.5 Å². The third-order valence-electron chi connectivity index (χ3n) is 2.81. The van der Waals surface area contributed by atoms with Crippen LogP contribution in [0.5, 0.6) is 0 Å². The number of anilines is 1. The molecule has 7 nitrogen and oxygen atoms in total. The SMILES string of the molecule is CC(Nc1ccc(S(=O)(=O)N(C)C)cn1)c1ncc[nH]1. The molecule has 20 heavy (non-hydrogen) atoms. The molecule has 0 amide bonds. The number of pyridine rings is 1. The van der Waals surface area contributed by atoms with Gasteiger partial charge in [0, 0.05) is 32.7 Å². The Labute approximate surface area is 118 Å². The average molecular weight is 295 g/mol. The van der Waals surface area contributed by atoms with Crippen LogP contribution in [-0.2, 0) is 10.0 Å². The Balaban J connectivity index is 2.13. The Morgan fingerprint density at radius 2 is 2.05 bits per heavy atom. The Morgan fingerprint density at radius 1 is 1.30 bits per heavy atom. The Kier molecular flexibility index (Phi) is 4.05. The Bertz CT molecular complexity index is 650. The standard InChI is InChI=1S/C12H17N5O2S/c1-9(12-13-6-7-14-12)16-11-5-4-10(8-15-11)20(18,19)17(2)3/h4-9H,1-3H3,(H,13,14)(H,15,16). The fraction of sp³-hybridized carbons (Fsp3) is 0.333. The second-order valence-electron chi connectivity index (χ2n) is 4.51. The second kappa shape index (κ2) is 5.59. The summed E-state index contributed by atoms with van der Waals surface area (Å²) >= 11 is 0. The summed E-state index contributed by atoms with van der Waals surface area (Å²) in [5.74, 6) is 1.38. The van der Waals surface area contributed by atoms with E-state index in [0.717, 1.165) is 10.1 Å². The lowest BCUT2D eigenvalue weighted by Crippen LogP contribution is -2.22. The van der Waals surface area contributed by atoms with Crippen LogP contribution >= 0.6 is 0 Å². The van der Waals surface area contributed by atoms with E-state index in [1.807, 2.05) is 6.92 Å². The van der Waals surface area contributed by atoms with E-state index in [4.69, 9.17) is 0 Å². The molecule has 2 aromatic heterocycles. The highest BCUT2D eigenvalue weighted by Crippen LogP contribution is 2.17. The zero-order valence-corrected chi connectivity index (χ0v) is 12.3. The number of aromatic amines is 1. The van der Waals surface area contributed by atoms with Gasteiger partial charge in [-0.25, -0.2) is 22.7 Å². The van der Waals surface area contributed by atoms with Gasteiger partial charge in [0.15, 0.2) is 0 Å². The summed E-state index contributed by atoms with van der Waals surface area (Å²) < 4.78 is 25.0. The van der Waals surface area contributed by atoms with E-state index in [2.05, 4.69) is 20.3 Å². The summed E-state index contributed by atoms with van der Waals surface area (Å²) in [6.45, 7) is 1.94. The molecule has 0 fully saturated rings. The molecule has 0 radical (unpaired) electrons. The summed E-state index contributed by atoms with van der Waals surface area (Å²) in [6.07, 6.45) is 4.76. The van der Waals surface area contributed by atoms with E-state index in [-0.39, 0.29) is 10.9 Å². The first-order chi connectivity index (χ1) is 9.41. The summed E-state index contributed by atoms with van der Waals surface area (Å²) in [6, 6.07) is 3.11. The Hall–Kier alpha value is -1.93. The number of aromatic nitrogens is 3.